The summed E-state index contributed by atoms with van der Waals surface area (Å²) in [5.74, 6) is 0.0355. The monoisotopic (exact) mass is 435 g/mol. The number of carbonyl (C=O) groups excluding carboxylic acids is 1. The Labute approximate surface area is 182 Å². The normalized spacial score (nSPS) is 15.9. The predicted octanol–water partition coefficient (Wildman–Crippen LogP) is 5.18. The number of oxazole rings is 1. The molecule has 6 nitrogen and oxygen atoms in total. The van der Waals surface area contributed by atoms with Crippen LogP contribution in [0.25, 0.3) is 11.3 Å². The van der Waals surface area contributed by atoms with Crippen LogP contribution in [0.4, 0.5) is 8.78 Å². The third-order valence-electron chi connectivity index (χ3n) is 5.53. The molecule has 1 atom stereocenters. The zero-order chi connectivity index (χ0) is 22.1. The van der Waals surface area contributed by atoms with Crippen LogP contribution in [0.15, 0.2) is 69.7 Å². The average molecular weight is 435 g/mol. The van der Waals surface area contributed by atoms with E-state index in [9.17, 15) is 13.6 Å². The van der Waals surface area contributed by atoms with E-state index in [0.29, 0.717) is 31.0 Å². The lowest BCUT2D eigenvalue weighted by atomic mass is 10.1. The lowest BCUT2D eigenvalue weighted by molar-refractivity contribution is 0.0672. The van der Waals surface area contributed by atoms with Gasteiger partial charge in [0.15, 0.2) is 0 Å². The highest BCUT2D eigenvalue weighted by molar-refractivity contribution is 5.92. The SMILES string of the molecule is O=C(c1cc(-c2ccccc2F)no1)N1CCC[C@@H]1c1ncc(Cc2ccc(F)cc2)o1. The maximum atomic E-state index is 14.0. The number of benzene rings is 2. The van der Waals surface area contributed by atoms with Crippen molar-refractivity contribution in [2.75, 3.05) is 6.54 Å². The van der Waals surface area contributed by atoms with Crippen molar-refractivity contribution in [1.29, 1.82) is 0 Å². The van der Waals surface area contributed by atoms with Crippen LogP contribution in [0, 0.1) is 11.6 Å². The first-order valence-electron chi connectivity index (χ1n) is 10.3. The summed E-state index contributed by atoms with van der Waals surface area (Å²) >= 11 is 0. The van der Waals surface area contributed by atoms with Gasteiger partial charge in [-0.25, -0.2) is 13.8 Å². The highest BCUT2D eigenvalue weighted by Gasteiger charge is 2.35. The molecule has 1 amide bonds. The Morgan fingerprint density at radius 2 is 1.94 bits per heavy atom. The average Bonchev–Trinajstić information content (AvgIpc) is 3.56. The standard InChI is InChI=1S/C24H19F2N3O3/c25-16-9-7-15(8-10-16)12-17-14-27-23(31-17)21-6-3-11-29(21)24(30)22-13-20(28-32-22)18-4-1-2-5-19(18)26/h1-2,4-5,7-10,13-14,21H,3,6,11-12H2/t21-/m1/s1. The number of halogens is 2. The molecule has 0 bridgehead atoms. The second-order valence-corrected chi connectivity index (χ2v) is 7.68. The first kappa shape index (κ1) is 20.1. The largest absolute Gasteiger partial charge is 0.443 e. The van der Waals surface area contributed by atoms with Crippen molar-refractivity contribution < 1.29 is 22.5 Å². The Morgan fingerprint density at radius 1 is 1.12 bits per heavy atom. The zero-order valence-electron chi connectivity index (χ0n) is 17.0. The van der Waals surface area contributed by atoms with Gasteiger partial charge >= 0.3 is 0 Å². The third kappa shape index (κ3) is 3.91. The first-order chi connectivity index (χ1) is 15.6. The summed E-state index contributed by atoms with van der Waals surface area (Å²) in [5.41, 5.74) is 1.43. The van der Waals surface area contributed by atoms with Gasteiger partial charge in [0.05, 0.1) is 6.20 Å². The second kappa shape index (κ2) is 8.37. The summed E-state index contributed by atoms with van der Waals surface area (Å²) < 4.78 is 38.3. The summed E-state index contributed by atoms with van der Waals surface area (Å²) in [7, 11) is 0. The summed E-state index contributed by atoms with van der Waals surface area (Å²) in [6, 6.07) is 13.5. The van der Waals surface area contributed by atoms with E-state index < -0.39 is 5.82 Å². The van der Waals surface area contributed by atoms with Gasteiger partial charge in [-0.05, 0) is 42.7 Å². The van der Waals surface area contributed by atoms with Gasteiger partial charge in [0, 0.05) is 24.6 Å². The fourth-order valence-corrected chi connectivity index (χ4v) is 3.94. The molecule has 1 aliphatic heterocycles. The van der Waals surface area contributed by atoms with Crippen LogP contribution in [0.1, 0.15) is 46.7 Å². The minimum absolute atomic E-state index is 0.0354. The molecule has 2 aromatic heterocycles. The van der Waals surface area contributed by atoms with Crippen LogP contribution in [0.2, 0.25) is 0 Å². The maximum absolute atomic E-state index is 14.0. The van der Waals surface area contributed by atoms with E-state index in [1.807, 2.05) is 0 Å². The lowest BCUT2D eigenvalue weighted by Gasteiger charge is -2.20. The van der Waals surface area contributed by atoms with Crippen LogP contribution in [-0.2, 0) is 6.42 Å². The molecule has 3 heterocycles. The lowest BCUT2D eigenvalue weighted by Crippen LogP contribution is -2.30. The van der Waals surface area contributed by atoms with E-state index in [1.165, 1.54) is 24.3 Å². The summed E-state index contributed by atoms with van der Waals surface area (Å²) in [4.78, 5) is 19.1. The van der Waals surface area contributed by atoms with Crippen LogP contribution in [-0.4, -0.2) is 27.5 Å². The minimum Gasteiger partial charge on any atom is -0.443 e. The van der Waals surface area contributed by atoms with Crippen molar-refractivity contribution in [2.24, 2.45) is 0 Å². The fraction of sp³-hybridized carbons (Fsp3) is 0.208. The summed E-state index contributed by atoms with van der Waals surface area (Å²) in [6.45, 7) is 0.523. The van der Waals surface area contributed by atoms with Crippen LogP contribution >= 0.6 is 0 Å². The van der Waals surface area contributed by atoms with Crippen molar-refractivity contribution in [1.82, 2.24) is 15.0 Å². The van der Waals surface area contributed by atoms with E-state index in [4.69, 9.17) is 8.94 Å². The first-order valence-corrected chi connectivity index (χ1v) is 10.3. The molecule has 1 saturated heterocycles. The summed E-state index contributed by atoms with van der Waals surface area (Å²) in [5, 5.41) is 3.87. The van der Waals surface area contributed by atoms with Crippen LogP contribution in [0.5, 0.6) is 0 Å². The number of hydrogen-bond donors (Lipinski definition) is 0. The van der Waals surface area contributed by atoms with Crippen molar-refractivity contribution in [2.45, 2.75) is 25.3 Å². The topological polar surface area (TPSA) is 72.4 Å². The van der Waals surface area contributed by atoms with E-state index >= 15 is 0 Å². The van der Waals surface area contributed by atoms with Gasteiger partial charge < -0.3 is 13.8 Å². The molecule has 4 aromatic rings. The second-order valence-electron chi connectivity index (χ2n) is 7.68. The highest BCUT2D eigenvalue weighted by atomic mass is 19.1. The van der Waals surface area contributed by atoms with Gasteiger partial charge in [-0.3, -0.25) is 4.79 Å². The van der Waals surface area contributed by atoms with Crippen molar-refractivity contribution in [3.63, 3.8) is 0 Å². The van der Waals surface area contributed by atoms with Gasteiger partial charge in [-0.1, -0.05) is 29.4 Å². The molecule has 0 saturated carbocycles. The number of nitrogens with zero attached hydrogens (tertiary/aromatic N) is 3. The molecule has 8 heteroatoms. The molecule has 0 radical (unpaired) electrons. The minimum atomic E-state index is -0.438. The molecule has 162 valence electrons. The summed E-state index contributed by atoms with van der Waals surface area (Å²) in [6.07, 6.45) is 3.60. The van der Waals surface area contributed by atoms with Gasteiger partial charge in [-0.2, -0.15) is 0 Å². The van der Waals surface area contributed by atoms with Crippen molar-refractivity contribution in [3.8, 4) is 11.3 Å². The van der Waals surface area contributed by atoms with E-state index in [0.717, 1.165) is 12.0 Å². The Hall–Kier alpha value is -3.81. The Kier molecular flexibility index (Phi) is 5.26. The number of amides is 1. The molecule has 1 aliphatic rings. The predicted molar refractivity (Wildman–Crippen MR) is 111 cm³/mol. The molecule has 0 unspecified atom stereocenters. The molecule has 32 heavy (non-hydrogen) atoms. The zero-order valence-corrected chi connectivity index (χ0v) is 17.0. The fourth-order valence-electron chi connectivity index (χ4n) is 3.94. The number of aromatic nitrogens is 2. The van der Waals surface area contributed by atoms with Crippen LogP contribution in [0.3, 0.4) is 0 Å². The molecule has 2 aromatic carbocycles. The third-order valence-corrected chi connectivity index (χ3v) is 5.53. The van der Waals surface area contributed by atoms with Crippen molar-refractivity contribution >= 4 is 5.91 Å². The van der Waals surface area contributed by atoms with Gasteiger partial charge in [0.25, 0.3) is 5.91 Å². The molecule has 0 N–H and O–H groups in total. The Bertz CT molecular complexity index is 1250. The Balaban J connectivity index is 1.33. The smallest absolute Gasteiger partial charge is 0.293 e. The number of rotatable bonds is 5. The molecule has 5 rings (SSSR count). The molecule has 0 spiro atoms. The number of likely N-dealkylation sites (tertiary alicyclic amines) is 1. The molecule has 0 aliphatic carbocycles. The van der Waals surface area contributed by atoms with Gasteiger partial charge in [-0.15, -0.1) is 0 Å². The Morgan fingerprint density at radius 3 is 2.75 bits per heavy atom. The highest BCUT2D eigenvalue weighted by Crippen LogP contribution is 2.34. The number of hydrogen-bond acceptors (Lipinski definition) is 5. The van der Waals surface area contributed by atoms with E-state index in [1.54, 1.807) is 41.4 Å². The van der Waals surface area contributed by atoms with Crippen molar-refractivity contribution in [3.05, 3.63) is 95.4 Å². The van der Waals surface area contributed by atoms with Gasteiger partial charge in [0.2, 0.25) is 11.7 Å². The molecular weight excluding hydrogens is 416 g/mol. The number of carbonyl (C=O) groups is 1. The van der Waals surface area contributed by atoms with Crippen LogP contribution < -0.4 is 0 Å². The molecule has 1 fully saturated rings. The quantitative estimate of drug-likeness (QED) is 0.432. The maximum Gasteiger partial charge on any atom is 0.293 e. The van der Waals surface area contributed by atoms with E-state index in [-0.39, 0.29) is 34.8 Å². The van der Waals surface area contributed by atoms with E-state index in [2.05, 4.69) is 10.1 Å². The van der Waals surface area contributed by atoms with Gasteiger partial charge in [0.1, 0.15) is 29.1 Å². The molecular formula is C24H19F2N3O3.